The Morgan fingerprint density at radius 1 is 1.29 bits per heavy atom. The summed E-state index contributed by atoms with van der Waals surface area (Å²) in [6, 6.07) is 0. The molecule has 0 bridgehead atoms. The molecule has 5 heteroatoms. The average molecular weight is 248 g/mol. The molecule has 0 aliphatic heterocycles. The second-order valence-electron chi connectivity index (χ2n) is 4.75. The summed E-state index contributed by atoms with van der Waals surface area (Å²) in [4.78, 5) is 11.4. The Hall–Kier alpha value is -0.650. The lowest BCUT2D eigenvalue weighted by atomic mass is 9.94. The molecule has 17 heavy (non-hydrogen) atoms. The van der Waals surface area contributed by atoms with E-state index in [0.717, 1.165) is 19.3 Å². The summed E-state index contributed by atoms with van der Waals surface area (Å²) in [6.07, 6.45) is 2.05. The van der Waals surface area contributed by atoms with Crippen LogP contribution in [0.25, 0.3) is 0 Å². The van der Waals surface area contributed by atoms with E-state index >= 15 is 0 Å². The second-order valence-corrected chi connectivity index (χ2v) is 4.75. The van der Waals surface area contributed by atoms with Crippen LogP contribution in [0.3, 0.4) is 0 Å². The zero-order valence-corrected chi connectivity index (χ0v) is 10.7. The van der Waals surface area contributed by atoms with Crippen molar-refractivity contribution >= 4 is 5.97 Å². The molecule has 0 aliphatic rings. The highest BCUT2D eigenvalue weighted by atomic mass is 16.5. The van der Waals surface area contributed by atoms with Crippen LogP contribution in [0.1, 0.15) is 39.5 Å². The summed E-state index contributed by atoms with van der Waals surface area (Å²) in [7, 11) is 0. The van der Waals surface area contributed by atoms with Crippen LogP contribution in [0.2, 0.25) is 0 Å². The highest BCUT2D eigenvalue weighted by molar-refractivity contribution is 5.74. The van der Waals surface area contributed by atoms with Gasteiger partial charge in [0, 0.05) is 5.41 Å². The predicted molar refractivity (Wildman–Crippen MR) is 63.4 cm³/mol. The van der Waals surface area contributed by atoms with E-state index in [9.17, 15) is 9.90 Å². The van der Waals surface area contributed by atoms with Crippen LogP contribution < -0.4 is 0 Å². The number of carbonyl (C=O) groups excluding carboxylic acids is 1. The Morgan fingerprint density at radius 2 is 1.88 bits per heavy atom. The first kappa shape index (κ1) is 16.4. The monoisotopic (exact) mass is 248 g/mol. The van der Waals surface area contributed by atoms with E-state index < -0.39 is 17.5 Å². The molecule has 0 aromatic carbocycles. The van der Waals surface area contributed by atoms with Crippen LogP contribution in [0, 0.1) is 5.41 Å². The maximum absolute atomic E-state index is 11.4. The van der Waals surface area contributed by atoms with E-state index in [0.29, 0.717) is 6.42 Å². The molecule has 0 spiro atoms. The molecule has 0 heterocycles. The fourth-order valence-corrected chi connectivity index (χ4v) is 1.19. The lowest BCUT2D eigenvalue weighted by Gasteiger charge is -2.24. The Bertz CT molecular complexity index is 213. The van der Waals surface area contributed by atoms with Crippen molar-refractivity contribution < 1.29 is 24.9 Å². The minimum Gasteiger partial charge on any atom is -0.463 e. The topological polar surface area (TPSA) is 87.0 Å². The second kappa shape index (κ2) is 8.44. The minimum atomic E-state index is -1.11. The minimum absolute atomic E-state index is 0.0936. The summed E-state index contributed by atoms with van der Waals surface area (Å²) < 4.78 is 4.87. The van der Waals surface area contributed by atoms with Gasteiger partial charge in [0.1, 0.15) is 6.61 Å². The molecule has 1 atom stereocenters. The van der Waals surface area contributed by atoms with Crippen LogP contribution in [0.15, 0.2) is 0 Å². The molecule has 0 aromatic heterocycles. The SMILES string of the molecule is CCCCCC(O)C(=O)OCC(C)(CO)CO. The van der Waals surface area contributed by atoms with Gasteiger partial charge in [-0.3, -0.25) is 0 Å². The highest BCUT2D eigenvalue weighted by Crippen LogP contribution is 2.15. The maximum atomic E-state index is 11.4. The van der Waals surface area contributed by atoms with Gasteiger partial charge in [0.2, 0.25) is 0 Å². The molecule has 0 saturated carbocycles. The summed E-state index contributed by atoms with van der Waals surface area (Å²) in [6.45, 7) is 3.00. The van der Waals surface area contributed by atoms with E-state index in [-0.39, 0.29) is 19.8 Å². The van der Waals surface area contributed by atoms with Gasteiger partial charge in [-0.25, -0.2) is 4.79 Å². The van der Waals surface area contributed by atoms with Crippen molar-refractivity contribution in [3.05, 3.63) is 0 Å². The smallest absolute Gasteiger partial charge is 0.334 e. The summed E-state index contributed by atoms with van der Waals surface area (Å²) in [5.74, 6) is -0.686. The van der Waals surface area contributed by atoms with Crippen LogP contribution in [0.5, 0.6) is 0 Å². The zero-order valence-electron chi connectivity index (χ0n) is 10.7. The number of rotatable bonds is 9. The van der Waals surface area contributed by atoms with E-state index in [1.165, 1.54) is 0 Å². The normalized spacial score (nSPS) is 13.5. The van der Waals surface area contributed by atoms with Gasteiger partial charge in [-0.15, -0.1) is 0 Å². The lowest BCUT2D eigenvalue weighted by Crippen LogP contribution is -2.35. The van der Waals surface area contributed by atoms with E-state index in [1.807, 2.05) is 6.92 Å². The van der Waals surface area contributed by atoms with Crippen LogP contribution >= 0.6 is 0 Å². The van der Waals surface area contributed by atoms with Crippen molar-refractivity contribution in [3.8, 4) is 0 Å². The molecule has 1 unspecified atom stereocenters. The van der Waals surface area contributed by atoms with Gasteiger partial charge < -0.3 is 20.1 Å². The Labute approximate surface area is 102 Å². The Balaban J connectivity index is 3.92. The number of aliphatic hydroxyl groups is 3. The molecule has 102 valence electrons. The van der Waals surface area contributed by atoms with Crippen molar-refractivity contribution in [3.63, 3.8) is 0 Å². The molecule has 0 rings (SSSR count). The first-order chi connectivity index (χ1) is 7.99. The molecule has 0 aliphatic carbocycles. The molecular weight excluding hydrogens is 224 g/mol. The molecule has 0 fully saturated rings. The van der Waals surface area contributed by atoms with E-state index in [2.05, 4.69) is 0 Å². The van der Waals surface area contributed by atoms with Gasteiger partial charge >= 0.3 is 5.97 Å². The van der Waals surface area contributed by atoms with Crippen LogP contribution in [-0.2, 0) is 9.53 Å². The van der Waals surface area contributed by atoms with Gasteiger partial charge in [-0.2, -0.15) is 0 Å². The van der Waals surface area contributed by atoms with Gasteiger partial charge in [0.25, 0.3) is 0 Å². The number of unbranched alkanes of at least 4 members (excludes halogenated alkanes) is 2. The fourth-order valence-electron chi connectivity index (χ4n) is 1.19. The number of aliphatic hydroxyl groups excluding tert-OH is 3. The largest absolute Gasteiger partial charge is 0.463 e. The molecule has 0 radical (unpaired) electrons. The third kappa shape index (κ3) is 6.61. The number of ether oxygens (including phenoxy) is 1. The summed E-state index contributed by atoms with van der Waals surface area (Å²) in [5.41, 5.74) is -0.848. The first-order valence-corrected chi connectivity index (χ1v) is 6.05. The molecule has 3 N–H and O–H groups in total. The zero-order chi connectivity index (χ0) is 13.3. The number of esters is 1. The van der Waals surface area contributed by atoms with Gasteiger partial charge in [0.15, 0.2) is 6.10 Å². The molecule has 0 amide bonds. The molecule has 5 nitrogen and oxygen atoms in total. The van der Waals surface area contributed by atoms with Gasteiger partial charge in [0.05, 0.1) is 13.2 Å². The summed E-state index contributed by atoms with van der Waals surface area (Å²) in [5, 5.41) is 27.5. The Morgan fingerprint density at radius 3 is 2.35 bits per heavy atom. The first-order valence-electron chi connectivity index (χ1n) is 6.05. The quantitative estimate of drug-likeness (QED) is 0.407. The standard InChI is InChI=1S/C12H24O5/c1-3-4-5-6-10(15)11(16)17-9-12(2,7-13)8-14/h10,13-15H,3-9H2,1-2H3. The third-order valence-corrected chi connectivity index (χ3v) is 2.68. The third-order valence-electron chi connectivity index (χ3n) is 2.68. The van der Waals surface area contributed by atoms with Crippen molar-refractivity contribution in [1.29, 1.82) is 0 Å². The highest BCUT2D eigenvalue weighted by Gasteiger charge is 2.26. The van der Waals surface area contributed by atoms with Gasteiger partial charge in [-0.1, -0.05) is 33.1 Å². The van der Waals surface area contributed by atoms with Crippen molar-refractivity contribution in [2.24, 2.45) is 5.41 Å². The van der Waals surface area contributed by atoms with Crippen LogP contribution in [0.4, 0.5) is 0 Å². The van der Waals surface area contributed by atoms with Crippen molar-refractivity contribution in [2.45, 2.75) is 45.6 Å². The van der Waals surface area contributed by atoms with Crippen molar-refractivity contribution in [1.82, 2.24) is 0 Å². The Kier molecular flexibility index (Phi) is 8.12. The predicted octanol–water partition coefficient (Wildman–Crippen LogP) is 0.462. The maximum Gasteiger partial charge on any atom is 0.334 e. The number of hydrogen-bond donors (Lipinski definition) is 3. The van der Waals surface area contributed by atoms with Gasteiger partial charge in [-0.05, 0) is 6.42 Å². The lowest BCUT2D eigenvalue weighted by molar-refractivity contribution is -0.159. The average Bonchev–Trinajstić information content (AvgIpc) is 2.35. The number of carbonyl (C=O) groups is 1. The fraction of sp³-hybridized carbons (Fsp3) is 0.917. The van der Waals surface area contributed by atoms with E-state index in [1.54, 1.807) is 6.92 Å². The van der Waals surface area contributed by atoms with E-state index in [4.69, 9.17) is 14.9 Å². The summed E-state index contributed by atoms with van der Waals surface area (Å²) >= 11 is 0. The van der Waals surface area contributed by atoms with Crippen LogP contribution in [-0.4, -0.2) is 47.2 Å². The molecular formula is C12H24O5. The van der Waals surface area contributed by atoms with Crippen molar-refractivity contribution in [2.75, 3.05) is 19.8 Å². The molecule has 0 saturated heterocycles. The number of hydrogen-bond acceptors (Lipinski definition) is 5. The molecule has 0 aromatic rings.